The van der Waals surface area contributed by atoms with Crippen molar-refractivity contribution in [2.24, 2.45) is 0 Å². The van der Waals surface area contributed by atoms with Gasteiger partial charge in [0, 0.05) is 83.5 Å². The van der Waals surface area contributed by atoms with Crippen LogP contribution in [-0.4, -0.2) is 67.7 Å². The predicted octanol–water partition coefficient (Wildman–Crippen LogP) is 5.41. The lowest BCUT2D eigenvalue weighted by Gasteiger charge is -2.38. The Labute approximate surface area is 221 Å². The van der Waals surface area contributed by atoms with E-state index < -0.39 is 0 Å². The van der Waals surface area contributed by atoms with Gasteiger partial charge in [0.15, 0.2) is 0 Å². The van der Waals surface area contributed by atoms with Crippen molar-refractivity contribution in [3.05, 3.63) is 69.8 Å². The highest BCUT2D eigenvalue weighted by Gasteiger charge is 2.28. The Kier molecular flexibility index (Phi) is 7.23. The number of halogens is 2. The van der Waals surface area contributed by atoms with E-state index in [0.29, 0.717) is 29.0 Å². The Balaban J connectivity index is 1.32. The molecule has 2 aliphatic heterocycles. The van der Waals surface area contributed by atoms with Crippen LogP contribution in [0.25, 0.3) is 11.1 Å². The van der Waals surface area contributed by atoms with Crippen LogP contribution in [0.5, 0.6) is 5.75 Å². The lowest BCUT2D eigenvalue weighted by molar-refractivity contribution is 0.205. The quantitative estimate of drug-likeness (QED) is 0.493. The van der Waals surface area contributed by atoms with Crippen molar-refractivity contribution >= 4 is 40.7 Å². The van der Waals surface area contributed by atoms with Crippen molar-refractivity contribution in [2.75, 3.05) is 57.1 Å². The van der Waals surface area contributed by atoms with Gasteiger partial charge in [-0.15, -0.1) is 0 Å². The fraction of sp³-hybridized carbons (Fsp3) is 0.333. The van der Waals surface area contributed by atoms with Crippen LogP contribution in [0.2, 0.25) is 10.0 Å². The average Bonchev–Trinajstić information content (AvgIpc) is 2.89. The molecular formula is C27H29Cl2N5O2. The Hall–Kier alpha value is -3.00. The number of amides is 2. The maximum atomic E-state index is 13.2. The van der Waals surface area contributed by atoms with Crippen LogP contribution in [0.3, 0.4) is 0 Å². The number of hydrogen-bond acceptors (Lipinski definition) is 5. The van der Waals surface area contributed by atoms with Gasteiger partial charge in [-0.3, -0.25) is 5.32 Å². The molecule has 1 fully saturated rings. The van der Waals surface area contributed by atoms with Crippen LogP contribution >= 0.6 is 23.2 Å². The van der Waals surface area contributed by atoms with Crippen LogP contribution in [0.15, 0.2) is 48.7 Å². The minimum Gasteiger partial charge on any atom is -0.496 e. The third kappa shape index (κ3) is 5.09. The number of anilines is 2. The molecule has 1 aromatic heterocycles. The number of piperazine rings is 1. The molecule has 3 heterocycles. The highest BCUT2D eigenvalue weighted by molar-refractivity contribution is 6.36. The number of benzene rings is 2. The number of rotatable bonds is 4. The fourth-order valence-corrected chi connectivity index (χ4v) is 5.39. The molecule has 2 aliphatic rings. The number of pyridine rings is 1. The van der Waals surface area contributed by atoms with Gasteiger partial charge in [-0.25, -0.2) is 9.78 Å². The monoisotopic (exact) mass is 525 g/mol. The largest absolute Gasteiger partial charge is 0.496 e. The van der Waals surface area contributed by atoms with Crippen molar-refractivity contribution in [1.29, 1.82) is 0 Å². The molecule has 36 heavy (non-hydrogen) atoms. The number of aromatic nitrogens is 1. The summed E-state index contributed by atoms with van der Waals surface area (Å²) in [5.41, 5.74) is 5.25. The summed E-state index contributed by atoms with van der Waals surface area (Å²) in [5.74, 6) is 1.38. The summed E-state index contributed by atoms with van der Waals surface area (Å²) >= 11 is 12.3. The van der Waals surface area contributed by atoms with E-state index in [1.165, 1.54) is 16.8 Å². The van der Waals surface area contributed by atoms with E-state index in [1.807, 2.05) is 17.0 Å². The van der Waals surface area contributed by atoms with Crippen LogP contribution in [0.1, 0.15) is 11.1 Å². The van der Waals surface area contributed by atoms with E-state index in [4.69, 9.17) is 27.9 Å². The van der Waals surface area contributed by atoms with E-state index in [2.05, 4.69) is 39.3 Å². The Morgan fingerprint density at radius 2 is 1.81 bits per heavy atom. The van der Waals surface area contributed by atoms with E-state index in [9.17, 15) is 4.79 Å². The molecule has 0 atom stereocenters. The van der Waals surface area contributed by atoms with Gasteiger partial charge in [0.2, 0.25) is 0 Å². The molecule has 0 aliphatic carbocycles. The van der Waals surface area contributed by atoms with Crippen molar-refractivity contribution in [3.63, 3.8) is 0 Å². The number of methoxy groups -OCH3 is 1. The highest BCUT2D eigenvalue weighted by Crippen LogP contribution is 2.36. The standard InChI is InChI=1S/C27H29Cl2N5O2/c1-32-11-13-33(14-12-32)24-6-7-25(36-2)21-9-10-34(17-22(21)24)27(35)31-26-8-3-18(16-30-26)20-5-4-19(28)15-23(20)29/h3-8,15-16H,9-14,17H2,1-2H3,(H,30,31,35). The summed E-state index contributed by atoms with van der Waals surface area (Å²) in [6, 6.07) is 13.0. The number of ether oxygens (including phenoxy) is 1. The van der Waals surface area contributed by atoms with Crippen LogP contribution in [0, 0.1) is 0 Å². The predicted molar refractivity (Wildman–Crippen MR) is 146 cm³/mol. The summed E-state index contributed by atoms with van der Waals surface area (Å²) < 4.78 is 5.65. The molecule has 2 aromatic carbocycles. The third-order valence-electron chi connectivity index (χ3n) is 6.94. The normalized spacial score (nSPS) is 16.0. The van der Waals surface area contributed by atoms with Gasteiger partial charge in [-0.1, -0.05) is 29.3 Å². The van der Waals surface area contributed by atoms with E-state index in [-0.39, 0.29) is 6.03 Å². The fourth-order valence-electron chi connectivity index (χ4n) is 4.87. The molecule has 0 saturated carbocycles. The first-order chi connectivity index (χ1) is 17.4. The van der Waals surface area contributed by atoms with E-state index >= 15 is 0 Å². The van der Waals surface area contributed by atoms with E-state index in [1.54, 1.807) is 31.5 Å². The van der Waals surface area contributed by atoms with Gasteiger partial charge in [0.05, 0.1) is 7.11 Å². The molecule has 7 nitrogen and oxygen atoms in total. The Bertz CT molecular complexity index is 1260. The second kappa shape index (κ2) is 10.5. The SMILES string of the molecule is COc1ccc(N2CCN(C)CC2)c2c1CCN(C(=O)Nc1ccc(-c3ccc(Cl)cc3Cl)cn1)C2. The molecule has 9 heteroatoms. The lowest BCUT2D eigenvalue weighted by Crippen LogP contribution is -2.46. The molecule has 0 radical (unpaired) electrons. The molecule has 1 saturated heterocycles. The van der Waals surface area contributed by atoms with Gasteiger partial charge in [0.25, 0.3) is 0 Å². The van der Waals surface area contributed by atoms with Crippen LogP contribution in [-0.2, 0) is 13.0 Å². The second-order valence-electron chi connectivity index (χ2n) is 9.19. The molecule has 0 spiro atoms. The topological polar surface area (TPSA) is 60.9 Å². The number of likely N-dealkylation sites (N-methyl/N-ethyl adjacent to an activating group) is 1. The molecule has 5 rings (SSSR count). The summed E-state index contributed by atoms with van der Waals surface area (Å²) in [7, 11) is 3.86. The van der Waals surface area contributed by atoms with Crippen molar-refractivity contribution in [1.82, 2.24) is 14.8 Å². The Morgan fingerprint density at radius 1 is 1.00 bits per heavy atom. The van der Waals surface area contributed by atoms with Gasteiger partial charge in [0.1, 0.15) is 11.6 Å². The van der Waals surface area contributed by atoms with Crippen molar-refractivity contribution in [3.8, 4) is 16.9 Å². The average molecular weight is 526 g/mol. The van der Waals surface area contributed by atoms with Crippen LogP contribution < -0.4 is 15.0 Å². The number of hydrogen-bond donors (Lipinski definition) is 1. The molecule has 188 valence electrons. The van der Waals surface area contributed by atoms with Gasteiger partial charge < -0.3 is 19.4 Å². The van der Waals surface area contributed by atoms with Crippen molar-refractivity contribution in [2.45, 2.75) is 13.0 Å². The maximum absolute atomic E-state index is 13.2. The molecular weight excluding hydrogens is 497 g/mol. The minimum atomic E-state index is -0.169. The van der Waals surface area contributed by atoms with Crippen LogP contribution in [0.4, 0.5) is 16.3 Å². The van der Waals surface area contributed by atoms with Crippen molar-refractivity contribution < 1.29 is 9.53 Å². The zero-order valence-corrected chi connectivity index (χ0v) is 21.9. The molecule has 0 bridgehead atoms. The summed E-state index contributed by atoms with van der Waals surface area (Å²) in [5, 5.41) is 4.08. The smallest absolute Gasteiger partial charge is 0.323 e. The summed E-state index contributed by atoms with van der Waals surface area (Å²) in [6.07, 6.45) is 2.45. The zero-order chi connectivity index (χ0) is 25.2. The highest BCUT2D eigenvalue weighted by atomic mass is 35.5. The molecule has 3 aromatic rings. The Morgan fingerprint density at radius 3 is 2.50 bits per heavy atom. The molecule has 0 unspecified atom stereocenters. The van der Waals surface area contributed by atoms with E-state index in [0.717, 1.165) is 49.5 Å². The summed E-state index contributed by atoms with van der Waals surface area (Å²) in [6.45, 7) is 5.12. The zero-order valence-electron chi connectivity index (χ0n) is 20.4. The maximum Gasteiger partial charge on any atom is 0.323 e. The number of fused-ring (bicyclic) bond motifs is 1. The third-order valence-corrected chi connectivity index (χ3v) is 7.48. The number of carbonyl (C=O) groups excluding carboxylic acids is 1. The number of nitrogens with zero attached hydrogens (tertiary/aromatic N) is 4. The molecule has 2 amide bonds. The number of urea groups is 1. The van der Waals surface area contributed by atoms with Gasteiger partial charge in [-0.05, 0) is 49.9 Å². The van der Waals surface area contributed by atoms with Gasteiger partial charge >= 0.3 is 6.03 Å². The second-order valence-corrected chi connectivity index (χ2v) is 10.0. The lowest BCUT2D eigenvalue weighted by atomic mass is 9.96. The first-order valence-corrected chi connectivity index (χ1v) is 12.8. The number of nitrogens with one attached hydrogen (secondary N) is 1. The molecule has 1 N–H and O–H groups in total. The first-order valence-electron chi connectivity index (χ1n) is 12.0. The number of carbonyl (C=O) groups is 1. The first kappa shape index (κ1) is 24.7. The van der Waals surface area contributed by atoms with Gasteiger partial charge in [-0.2, -0.15) is 0 Å². The summed E-state index contributed by atoms with van der Waals surface area (Å²) in [4.78, 5) is 24.2. The minimum absolute atomic E-state index is 0.169.